The summed E-state index contributed by atoms with van der Waals surface area (Å²) in [6.45, 7) is 11.2. The molecule has 0 spiro atoms. The van der Waals surface area contributed by atoms with Crippen molar-refractivity contribution in [2.75, 3.05) is 13.7 Å². The lowest BCUT2D eigenvalue weighted by Crippen LogP contribution is -2.65. The van der Waals surface area contributed by atoms with Gasteiger partial charge in [-0.2, -0.15) is 0 Å². The number of guanidine groups is 1. The highest BCUT2D eigenvalue weighted by molar-refractivity contribution is 6.47. The lowest BCUT2D eigenvalue weighted by atomic mass is 9.43. The number of nitrogens with zero attached hydrogens (tertiary/aromatic N) is 2. The predicted molar refractivity (Wildman–Crippen MR) is 174 cm³/mol. The Morgan fingerprint density at radius 2 is 1.89 bits per heavy atom. The Morgan fingerprint density at radius 3 is 2.48 bits per heavy atom. The van der Waals surface area contributed by atoms with E-state index in [1.807, 2.05) is 29.7 Å². The molecule has 1 heterocycles. The predicted octanol–water partition coefficient (Wildman–Crippen LogP) is 3.98. The number of carbonyl (C=O) groups is 2. The summed E-state index contributed by atoms with van der Waals surface area (Å²) in [7, 11) is 1.03. The van der Waals surface area contributed by atoms with E-state index in [1.54, 1.807) is 7.11 Å². The van der Waals surface area contributed by atoms with E-state index in [-0.39, 0.29) is 54.0 Å². The van der Waals surface area contributed by atoms with Crippen molar-refractivity contribution in [3.05, 3.63) is 39.9 Å². The molecule has 6 atom stereocenters. The van der Waals surface area contributed by atoms with Crippen LogP contribution in [-0.2, 0) is 24.3 Å². The van der Waals surface area contributed by atoms with Crippen LogP contribution in [0.25, 0.3) is 0 Å². The third-order valence-corrected chi connectivity index (χ3v) is 11.3. The lowest BCUT2D eigenvalue weighted by Gasteiger charge is -2.64. The first-order valence-electron chi connectivity index (χ1n) is 16.7. The highest BCUT2D eigenvalue weighted by Crippen LogP contribution is 2.65. The summed E-state index contributed by atoms with van der Waals surface area (Å²) in [6, 6.07) is 7.57. The minimum absolute atomic E-state index is 0.00599. The van der Waals surface area contributed by atoms with Crippen molar-refractivity contribution < 1.29 is 28.7 Å². The van der Waals surface area contributed by atoms with Gasteiger partial charge in [0.25, 0.3) is 5.96 Å². The van der Waals surface area contributed by atoms with E-state index in [0.717, 1.165) is 37.0 Å². The number of ketones is 1. The fourth-order valence-electron chi connectivity index (χ4n) is 8.29. The van der Waals surface area contributed by atoms with Gasteiger partial charge in [0, 0.05) is 18.9 Å². The molecule has 2 bridgehead atoms. The number of nitrogens with two attached hydrogens (primary N) is 1. The van der Waals surface area contributed by atoms with E-state index in [2.05, 4.69) is 44.9 Å². The summed E-state index contributed by atoms with van der Waals surface area (Å²) in [5.41, 5.74) is 7.55. The number of aliphatic imine (C=N–C) groups is 1. The molecule has 1 amide bonds. The normalized spacial score (nSPS) is 28.5. The minimum Gasteiger partial charge on any atom is -0.497 e. The van der Waals surface area contributed by atoms with E-state index in [1.165, 1.54) is 0 Å². The smallest absolute Gasteiger partial charge is 0.481 e. The molecule has 4 aliphatic carbocycles. The molecular weight excluding hydrogens is 589 g/mol. The average Bonchev–Trinajstić information content (AvgIpc) is 3.72. The third-order valence-electron chi connectivity index (χ3n) is 11.3. The van der Waals surface area contributed by atoms with Crippen LogP contribution in [0.3, 0.4) is 0 Å². The Bertz CT molecular complexity index is 1330. The Balaban J connectivity index is 1.31. The number of rotatable bonds is 15. The van der Waals surface area contributed by atoms with Crippen LogP contribution >= 0.6 is 0 Å². The Kier molecular flexibility index (Phi) is 9.76. The Morgan fingerprint density at radius 1 is 1.20 bits per heavy atom. The monoisotopic (exact) mass is 639 g/mol. The second-order valence-corrected chi connectivity index (χ2v) is 15.0. The number of carbonyl (C=O) groups excluding carboxylic acids is 2. The minimum atomic E-state index is -0.773. The molecular formula is C33H50BN5O7. The van der Waals surface area contributed by atoms with Crippen molar-refractivity contribution in [3.8, 4) is 5.75 Å². The van der Waals surface area contributed by atoms with E-state index < -0.39 is 29.1 Å². The Hall–Kier alpha value is -3.19. The van der Waals surface area contributed by atoms with Crippen LogP contribution < -0.4 is 21.2 Å². The first kappa shape index (κ1) is 34.2. The van der Waals surface area contributed by atoms with Gasteiger partial charge in [0.2, 0.25) is 5.91 Å². The van der Waals surface area contributed by atoms with Crippen molar-refractivity contribution >= 4 is 24.8 Å². The average molecular weight is 640 g/mol. The summed E-state index contributed by atoms with van der Waals surface area (Å²) >= 11 is 0. The summed E-state index contributed by atoms with van der Waals surface area (Å²) < 4.78 is 18.6. The van der Waals surface area contributed by atoms with Gasteiger partial charge in [0.1, 0.15) is 11.5 Å². The number of nitro groups is 1. The molecule has 0 unspecified atom stereocenters. The van der Waals surface area contributed by atoms with Crippen LogP contribution in [0.4, 0.5) is 0 Å². The fourth-order valence-corrected chi connectivity index (χ4v) is 8.29. The topological polar surface area (TPSA) is 167 Å². The molecule has 0 radical (unpaired) electrons. The molecule has 4 N–H and O–H groups in total. The zero-order valence-electron chi connectivity index (χ0n) is 28.0. The van der Waals surface area contributed by atoms with Crippen molar-refractivity contribution in [3.63, 3.8) is 0 Å². The van der Waals surface area contributed by atoms with Crippen LogP contribution in [-0.4, -0.2) is 61.1 Å². The number of methoxy groups -OCH3 is 1. The number of nitrogens with one attached hydrogen (secondary N) is 2. The molecule has 6 rings (SSSR count). The molecule has 252 valence electrons. The number of hydrogen-bond donors (Lipinski definition) is 3. The SMILES string of the molecule is COc1ccc(C2(C(=O)C[C@@H](CCCN=C(N)N[N+](=O)[O-])C(=O)N[C@@H](CC(C)C)B3O[C@@H]4C[C@H]5C[C@H](C5(C)C)[C@]4(C)O3)CC2)cc1. The molecule has 46 heavy (non-hydrogen) atoms. The van der Waals surface area contributed by atoms with Gasteiger partial charge >= 0.3 is 7.12 Å². The fraction of sp³-hybridized carbons (Fsp3) is 0.727. The van der Waals surface area contributed by atoms with E-state index in [0.29, 0.717) is 31.1 Å². The maximum atomic E-state index is 14.1. The molecule has 1 aliphatic heterocycles. The zero-order chi connectivity index (χ0) is 33.4. The number of amides is 1. The molecule has 5 fully saturated rings. The van der Waals surface area contributed by atoms with Gasteiger partial charge in [-0.25, -0.2) is 15.1 Å². The largest absolute Gasteiger partial charge is 0.497 e. The first-order valence-corrected chi connectivity index (χ1v) is 16.7. The van der Waals surface area contributed by atoms with Crippen LogP contribution in [0.1, 0.15) is 91.5 Å². The van der Waals surface area contributed by atoms with Crippen LogP contribution in [0, 0.1) is 39.2 Å². The van der Waals surface area contributed by atoms with E-state index >= 15 is 0 Å². The van der Waals surface area contributed by atoms with Gasteiger partial charge in [-0.1, -0.05) is 45.3 Å². The standard InChI is InChI=1S/C33H50BN5O7/c1-20(2)16-28(34-45-27-19-23-18-25(31(23,3)4)32(27,5)46-34)37-29(41)21(8-7-15-36-30(35)38-39(42)43)17-26(40)33(13-14-33)22-9-11-24(44-6)12-10-22/h9-12,20-21,23,25,27-28H,7-8,13-19H2,1-6H3,(H,37,41)(H3,35,36,38)/t21-,23-,25-,27-,28+,32+/m1/s1. The summed E-state index contributed by atoms with van der Waals surface area (Å²) in [6.07, 6.45) is 5.09. The number of benzene rings is 1. The first-order chi connectivity index (χ1) is 21.7. The molecule has 1 aromatic carbocycles. The van der Waals surface area contributed by atoms with Crippen LogP contribution in [0.2, 0.25) is 0 Å². The van der Waals surface area contributed by atoms with Crippen molar-refractivity contribution in [2.45, 2.75) is 109 Å². The van der Waals surface area contributed by atoms with Gasteiger partial charge in [0.15, 0.2) is 5.03 Å². The van der Waals surface area contributed by atoms with Gasteiger partial charge in [-0.3, -0.25) is 9.59 Å². The summed E-state index contributed by atoms with van der Waals surface area (Å²) in [5, 5.41) is 13.2. The highest BCUT2D eigenvalue weighted by atomic mass is 16.7. The van der Waals surface area contributed by atoms with Crippen molar-refractivity contribution in [2.24, 2.45) is 39.8 Å². The number of hydrogen-bond acceptors (Lipinski definition) is 8. The molecule has 13 heteroatoms. The molecule has 4 saturated carbocycles. The summed E-state index contributed by atoms with van der Waals surface area (Å²) in [4.78, 5) is 42.7. The Labute approximate surface area is 272 Å². The molecule has 1 aromatic rings. The highest BCUT2D eigenvalue weighted by Gasteiger charge is 2.68. The van der Waals surface area contributed by atoms with Crippen LogP contribution in [0.15, 0.2) is 29.3 Å². The van der Waals surface area contributed by atoms with Crippen molar-refractivity contribution in [1.82, 2.24) is 10.7 Å². The molecule has 0 aromatic heterocycles. The van der Waals surface area contributed by atoms with Crippen molar-refractivity contribution in [1.29, 1.82) is 0 Å². The molecule has 12 nitrogen and oxygen atoms in total. The lowest BCUT2D eigenvalue weighted by molar-refractivity contribution is -0.525. The van der Waals surface area contributed by atoms with Gasteiger partial charge < -0.3 is 25.1 Å². The molecule has 5 aliphatic rings. The second-order valence-electron chi connectivity index (χ2n) is 15.0. The van der Waals surface area contributed by atoms with Gasteiger partial charge in [-0.05, 0) is 92.7 Å². The summed E-state index contributed by atoms with van der Waals surface area (Å²) in [5.74, 6) is 0.524. The molecule has 1 saturated heterocycles. The quantitative estimate of drug-likeness (QED) is 0.0642. The second kappa shape index (κ2) is 13.1. The maximum Gasteiger partial charge on any atom is 0.481 e. The van der Waals surface area contributed by atoms with Gasteiger partial charge in [-0.15, -0.1) is 0 Å². The van der Waals surface area contributed by atoms with E-state index in [9.17, 15) is 19.7 Å². The number of Topliss-reactive ketones (excluding diaryl/α,β-unsaturated/α-hetero) is 1. The number of ether oxygens (including phenoxy) is 1. The van der Waals surface area contributed by atoms with E-state index in [4.69, 9.17) is 19.8 Å². The van der Waals surface area contributed by atoms with Gasteiger partial charge in [0.05, 0.1) is 30.2 Å². The third kappa shape index (κ3) is 6.76. The zero-order valence-corrected chi connectivity index (χ0v) is 28.0. The van der Waals surface area contributed by atoms with Crippen LogP contribution in [0.5, 0.6) is 5.75 Å². The number of hydrazine groups is 1. The maximum absolute atomic E-state index is 14.1.